The van der Waals surface area contributed by atoms with Gasteiger partial charge < -0.3 is 5.11 Å². The Labute approximate surface area is 90.6 Å². The second-order valence-corrected chi connectivity index (χ2v) is 3.11. The van der Waals surface area contributed by atoms with E-state index in [0.29, 0.717) is 11.0 Å². The zero-order valence-corrected chi connectivity index (χ0v) is 8.20. The Morgan fingerprint density at radius 3 is 2.75 bits per heavy atom. The Kier molecular flexibility index (Phi) is 2.51. The fraction of sp³-hybridized carbons (Fsp3) is 0. The largest absolute Gasteiger partial charge is 0.478 e. The SMILES string of the molecule is O=C(O)C=CC(=O)n1cnc2ccccc21. The summed E-state index contributed by atoms with van der Waals surface area (Å²) < 4.78 is 1.30. The van der Waals surface area contributed by atoms with E-state index in [1.54, 1.807) is 18.2 Å². The Bertz CT molecular complexity index is 584. The van der Waals surface area contributed by atoms with Crippen molar-refractivity contribution in [1.29, 1.82) is 0 Å². The molecule has 0 aliphatic carbocycles. The molecule has 0 aliphatic rings. The number of carboxylic acid groups (broad SMARTS) is 1. The van der Waals surface area contributed by atoms with E-state index in [4.69, 9.17) is 5.11 Å². The molecule has 1 heterocycles. The number of aliphatic carboxylic acids is 1. The topological polar surface area (TPSA) is 72.2 Å². The Morgan fingerprint density at radius 2 is 2.00 bits per heavy atom. The van der Waals surface area contributed by atoms with Gasteiger partial charge in [-0.15, -0.1) is 0 Å². The van der Waals surface area contributed by atoms with Crippen molar-refractivity contribution in [1.82, 2.24) is 9.55 Å². The van der Waals surface area contributed by atoms with Crippen LogP contribution in [0.5, 0.6) is 0 Å². The number of hydrogen-bond donors (Lipinski definition) is 1. The average molecular weight is 216 g/mol. The molecular weight excluding hydrogens is 208 g/mol. The van der Waals surface area contributed by atoms with Gasteiger partial charge in [0, 0.05) is 12.2 Å². The van der Waals surface area contributed by atoms with Gasteiger partial charge in [0.05, 0.1) is 11.0 Å². The molecule has 1 N–H and O–H groups in total. The number of fused-ring (bicyclic) bond motifs is 1. The average Bonchev–Trinajstić information content (AvgIpc) is 2.69. The molecule has 0 aliphatic heterocycles. The number of benzene rings is 1. The highest BCUT2D eigenvalue weighted by Gasteiger charge is 2.06. The number of carbonyl (C=O) groups is 2. The summed E-state index contributed by atoms with van der Waals surface area (Å²) in [6.07, 6.45) is 3.17. The van der Waals surface area contributed by atoms with Crippen LogP contribution in [0.1, 0.15) is 4.79 Å². The Balaban J connectivity index is 2.40. The molecule has 0 unspecified atom stereocenters. The molecule has 0 atom stereocenters. The van der Waals surface area contributed by atoms with Crippen LogP contribution < -0.4 is 0 Å². The number of aromatic nitrogens is 2. The van der Waals surface area contributed by atoms with E-state index >= 15 is 0 Å². The molecule has 5 nitrogen and oxygen atoms in total. The fourth-order valence-electron chi connectivity index (χ4n) is 1.36. The molecule has 0 bridgehead atoms. The third-order valence-corrected chi connectivity index (χ3v) is 2.06. The number of carboxylic acids is 1. The molecule has 1 aromatic carbocycles. The standard InChI is InChI=1S/C11H8N2O3/c14-10(5-6-11(15)16)13-7-12-8-3-1-2-4-9(8)13/h1-7H,(H,15,16). The molecule has 0 fully saturated rings. The first-order valence-corrected chi connectivity index (χ1v) is 4.56. The summed E-state index contributed by atoms with van der Waals surface area (Å²) in [6, 6.07) is 7.13. The molecule has 2 aromatic rings. The van der Waals surface area contributed by atoms with E-state index in [2.05, 4.69) is 4.98 Å². The maximum atomic E-state index is 11.6. The van der Waals surface area contributed by atoms with Crippen LogP contribution in [0.4, 0.5) is 0 Å². The van der Waals surface area contributed by atoms with Gasteiger partial charge in [0.25, 0.3) is 5.91 Å². The maximum absolute atomic E-state index is 11.6. The number of nitrogens with zero attached hydrogens (tertiary/aromatic N) is 2. The minimum Gasteiger partial charge on any atom is -0.478 e. The van der Waals surface area contributed by atoms with E-state index in [1.165, 1.54) is 10.9 Å². The molecule has 0 radical (unpaired) electrons. The lowest BCUT2D eigenvalue weighted by Gasteiger charge is -1.96. The normalized spacial score (nSPS) is 11.0. The van der Waals surface area contributed by atoms with Gasteiger partial charge in [-0.25, -0.2) is 9.78 Å². The van der Waals surface area contributed by atoms with Crippen LogP contribution in [0.25, 0.3) is 11.0 Å². The molecule has 5 heteroatoms. The zero-order chi connectivity index (χ0) is 11.5. The first-order valence-electron chi connectivity index (χ1n) is 4.56. The van der Waals surface area contributed by atoms with Crippen LogP contribution in [0.15, 0.2) is 42.7 Å². The van der Waals surface area contributed by atoms with Gasteiger partial charge in [-0.2, -0.15) is 0 Å². The van der Waals surface area contributed by atoms with Crippen molar-refractivity contribution in [3.63, 3.8) is 0 Å². The Morgan fingerprint density at radius 1 is 1.25 bits per heavy atom. The quantitative estimate of drug-likeness (QED) is 0.768. The lowest BCUT2D eigenvalue weighted by atomic mass is 10.3. The molecular formula is C11H8N2O3. The van der Waals surface area contributed by atoms with E-state index in [0.717, 1.165) is 12.2 Å². The summed E-state index contributed by atoms with van der Waals surface area (Å²) in [6.45, 7) is 0. The second kappa shape index (κ2) is 3.98. The van der Waals surface area contributed by atoms with Gasteiger partial charge in [0.1, 0.15) is 6.33 Å². The number of para-hydroxylation sites is 2. The van der Waals surface area contributed by atoms with E-state index in [9.17, 15) is 9.59 Å². The number of carbonyl (C=O) groups excluding carboxylic acids is 1. The molecule has 16 heavy (non-hydrogen) atoms. The smallest absolute Gasteiger partial charge is 0.328 e. The zero-order valence-electron chi connectivity index (χ0n) is 8.20. The van der Waals surface area contributed by atoms with Crippen LogP contribution in [0.3, 0.4) is 0 Å². The molecule has 0 spiro atoms. The monoisotopic (exact) mass is 216 g/mol. The molecule has 0 amide bonds. The lowest BCUT2D eigenvalue weighted by Crippen LogP contribution is -2.06. The summed E-state index contributed by atoms with van der Waals surface area (Å²) in [7, 11) is 0. The fourth-order valence-corrected chi connectivity index (χ4v) is 1.36. The van der Waals surface area contributed by atoms with Gasteiger partial charge >= 0.3 is 5.97 Å². The summed E-state index contributed by atoms with van der Waals surface area (Å²) in [5, 5.41) is 8.41. The summed E-state index contributed by atoms with van der Waals surface area (Å²) in [5.41, 5.74) is 1.35. The number of allylic oxidation sites excluding steroid dienone is 1. The molecule has 0 saturated heterocycles. The molecule has 80 valence electrons. The summed E-state index contributed by atoms with van der Waals surface area (Å²) in [5.74, 6) is -1.59. The van der Waals surface area contributed by atoms with Gasteiger partial charge in [0.15, 0.2) is 0 Å². The molecule has 1 aromatic heterocycles. The van der Waals surface area contributed by atoms with Crippen LogP contribution in [0, 0.1) is 0 Å². The number of imidazole rings is 1. The number of rotatable bonds is 2. The van der Waals surface area contributed by atoms with Crippen LogP contribution in [-0.2, 0) is 4.79 Å². The van der Waals surface area contributed by atoms with Crippen LogP contribution in [0.2, 0.25) is 0 Å². The maximum Gasteiger partial charge on any atom is 0.328 e. The second-order valence-electron chi connectivity index (χ2n) is 3.11. The summed E-state index contributed by atoms with van der Waals surface area (Å²) in [4.78, 5) is 25.9. The third-order valence-electron chi connectivity index (χ3n) is 2.06. The van der Waals surface area contributed by atoms with Crippen LogP contribution >= 0.6 is 0 Å². The minimum absolute atomic E-state index is 0.434. The van der Waals surface area contributed by atoms with Gasteiger partial charge in [-0.3, -0.25) is 9.36 Å². The highest BCUT2D eigenvalue weighted by atomic mass is 16.4. The third kappa shape index (κ3) is 1.83. The Hall–Kier alpha value is -2.43. The molecule has 0 saturated carbocycles. The van der Waals surface area contributed by atoms with Crippen molar-refractivity contribution in [2.24, 2.45) is 0 Å². The first kappa shape index (κ1) is 10.1. The highest BCUT2D eigenvalue weighted by Crippen LogP contribution is 2.11. The minimum atomic E-state index is -1.15. The van der Waals surface area contributed by atoms with Gasteiger partial charge in [0.2, 0.25) is 0 Å². The van der Waals surface area contributed by atoms with Crippen molar-refractivity contribution in [2.45, 2.75) is 0 Å². The van der Waals surface area contributed by atoms with Crippen molar-refractivity contribution < 1.29 is 14.7 Å². The summed E-state index contributed by atoms with van der Waals surface area (Å²) >= 11 is 0. The van der Waals surface area contributed by atoms with E-state index in [-0.39, 0.29) is 0 Å². The van der Waals surface area contributed by atoms with Crippen molar-refractivity contribution >= 4 is 22.9 Å². The van der Waals surface area contributed by atoms with E-state index < -0.39 is 11.9 Å². The molecule has 2 rings (SSSR count). The van der Waals surface area contributed by atoms with E-state index in [1.807, 2.05) is 6.07 Å². The van der Waals surface area contributed by atoms with Gasteiger partial charge in [-0.1, -0.05) is 12.1 Å². The van der Waals surface area contributed by atoms with Gasteiger partial charge in [-0.05, 0) is 12.1 Å². The predicted octanol–water partition coefficient (Wildman–Crippen LogP) is 1.32. The van der Waals surface area contributed by atoms with Crippen LogP contribution in [-0.4, -0.2) is 26.5 Å². The van der Waals surface area contributed by atoms with Crippen molar-refractivity contribution in [3.05, 3.63) is 42.7 Å². The highest BCUT2D eigenvalue weighted by molar-refractivity contribution is 5.99. The lowest BCUT2D eigenvalue weighted by molar-refractivity contribution is -0.131. The van der Waals surface area contributed by atoms with Crippen molar-refractivity contribution in [2.75, 3.05) is 0 Å². The number of hydrogen-bond acceptors (Lipinski definition) is 3. The van der Waals surface area contributed by atoms with Crippen molar-refractivity contribution in [3.8, 4) is 0 Å². The first-order chi connectivity index (χ1) is 7.68. The predicted molar refractivity (Wildman–Crippen MR) is 57.1 cm³/mol.